The van der Waals surface area contributed by atoms with Crippen molar-refractivity contribution in [1.82, 2.24) is 20.3 Å². The standard InChI is InChI=1S/C23H21BrN6O3S2/c1-34-16-6-4-5-15(12-16)28-23-27-13-14-11-18(17-7-2-3-8-19(17)24)20(29-21(14)30-23)22(31)26-9-10-35(25,32)33/h2-8,11-13H,9-10H2,1H3,(H,26,31)(H2,25,32,33)(H,27,28,29,30). The predicted molar refractivity (Wildman–Crippen MR) is 142 cm³/mol. The van der Waals surface area contributed by atoms with Gasteiger partial charge in [-0.05, 0) is 42.2 Å². The first-order chi connectivity index (χ1) is 16.7. The number of amides is 1. The number of hydrogen-bond acceptors (Lipinski definition) is 8. The van der Waals surface area contributed by atoms with Gasteiger partial charge in [0.15, 0.2) is 5.65 Å². The second kappa shape index (κ2) is 10.7. The van der Waals surface area contributed by atoms with Crippen molar-refractivity contribution in [2.75, 3.05) is 23.9 Å². The molecule has 0 aliphatic carbocycles. The van der Waals surface area contributed by atoms with E-state index in [1.165, 1.54) is 0 Å². The number of nitrogens with two attached hydrogens (primary N) is 1. The lowest BCUT2D eigenvalue weighted by atomic mass is 10.0. The highest BCUT2D eigenvalue weighted by atomic mass is 79.9. The number of nitrogens with one attached hydrogen (secondary N) is 2. The fraction of sp³-hybridized carbons (Fsp3) is 0.130. The molecule has 9 nitrogen and oxygen atoms in total. The molecule has 35 heavy (non-hydrogen) atoms. The van der Waals surface area contributed by atoms with Gasteiger partial charge in [0.2, 0.25) is 16.0 Å². The van der Waals surface area contributed by atoms with Crippen LogP contribution >= 0.6 is 27.7 Å². The third-order valence-corrected chi connectivity index (χ3v) is 7.14. The Morgan fingerprint density at radius 3 is 2.63 bits per heavy atom. The van der Waals surface area contributed by atoms with Crippen LogP contribution in [-0.2, 0) is 10.0 Å². The molecule has 2 heterocycles. The molecule has 0 aliphatic heterocycles. The van der Waals surface area contributed by atoms with Gasteiger partial charge in [-0.1, -0.05) is 40.2 Å². The molecule has 0 fully saturated rings. The van der Waals surface area contributed by atoms with Crippen molar-refractivity contribution in [1.29, 1.82) is 0 Å². The van der Waals surface area contributed by atoms with Crippen molar-refractivity contribution in [2.45, 2.75) is 4.90 Å². The number of rotatable bonds is 8. The zero-order chi connectivity index (χ0) is 25.0. The Kier molecular flexibility index (Phi) is 7.65. The molecule has 0 unspecified atom stereocenters. The van der Waals surface area contributed by atoms with Crippen LogP contribution in [0.5, 0.6) is 0 Å². The van der Waals surface area contributed by atoms with E-state index in [4.69, 9.17) is 5.14 Å². The summed E-state index contributed by atoms with van der Waals surface area (Å²) in [4.78, 5) is 27.6. The van der Waals surface area contributed by atoms with Crippen molar-refractivity contribution >= 4 is 66.3 Å². The third-order valence-electron chi connectivity index (χ3n) is 4.95. The van der Waals surface area contributed by atoms with Crippen LogP contribution < -0.4 is 15.8 Å². The molecule has 2 aromatic carbocycles. The molecule has 12 heteroatoms. The van der Waals surface area contributed by atoms with E-state index in [0.717, 1.165) is 20.6 Å². The summed E-state index contributed by atoms with van der Waals surface area (Å²) in [6.45, 7) is -0.144. The summed E-state index contributed by atoms with van der Waals surface area (Å²) in [7, 11) is -3.72. The molecule has 0 saturated carbocycles. The zero-order valence-corrected chi connectivity index (χ0v) is 21.7. The lowest BCUT2D eigenvalue weighted by Crippen LogP contribution is -2.32. The number of fused-ring (bicyclic) bond motifs is 1. The van der Waals surface area contributed by atoms with E-state index in [1.807, 2.05) is 54.8 Å². The molecule has 0 atom stereocenters. The average molecular weight is 573 g/mol. The number of carbonyl (C=O) groups is 1. The number of benzene rings is 2. The van der Waals surface area contributed by atoms with Crippen LogP contribution in [0.15, 0.2) is 70.2 Å². The Morgan fingerprint density at radius 2 is 1.89 bits per heavy atom. The Morgan fingerprint density at radius 1 is 1.09 bits per heavy atom. The molecule has 0 radical (unpaired) electrons. The number of hydrogen-bond donors (Lipinski definition) is 3. The Labute approximate surface area is 215 Å². The Bertz CT molecular complexity index is 1510. The molecule has 2 aromatic heterocycles. The Balaban J connectivity index is 1.74. The van der Waals surface area contributed by atoms with E-state index in [0.29, 0.717) is 22.5 Å². The van der Waals surface area contributed by atoms with Gasteiger partial charge in [-0.25, -0.2) is 23.5 Å². The highest BCUT2D eigenvalue weighted by Crippen LogP contribution is 2.32. The fourth-order valence-corrected chi connectivity index (χ4v) is 4.65. The highest BCUT2D eigenvalue weighted by molar-refractivity contribution is 9.10. The largest absolute Gasteiger partial charge is 0.350 e. The molecule has 0 bridgehead atoms. The van der Waals surface area contributed by atoms with E-state index in [9.17, 15) is 13.2 Å². The predicted octanol–water partition coefficient (Wildman–Crippen LogP) is 3.94. The van der Waals surface area contributed by atoms with E-state index < -0.39 is 15.9 Å². The summed E-state index contributed by atoms with van der Waals surface area (Å²) < 4.78 is 23.3. The number of aromatic nitrogens is 3. The first kappa shape index (κ1) is 25.0. The quantitative estimate of drug-likeness (QED) is 0.270. The van der Waals surface area contributed by atoms with Gasteiger partial charge < -0.3 is 10.6 Å². The summed E-state index contributed by atoms with van der Waals surface area (Å²) in [5, 5.41) is 11.4. The number of pyridine rings is 1. The molecular formula is C23H21BrN6O3S2. The SMILES string of the molecule is CSc1cccc(Nc2ncc3cc(-c4ccccc4Br)c(C(=O)NCCS(N)(=O)=O)nc3n2)c1. The van der Waals surface area contributed by atoms with E-state index in [-0.39, 0.29) is 18.0 Å². The fourth-order valence-electron chi connectivity index (χ4n) is 3.30. The maximum atomic E-state index is 13.0. The average Bonchev–Trinajstić information content (AvgIpc) is 2.83. The first-order valence-corrected chi connectivity index (χ1v) is 14.1. The molecule has 180 valence electrons. The first-order valence-electron chi connectivity index (χ1n) is 10.4. The summed E-state index contributed by atoms with van der Waals surface area (Å²) in [5.74, 6) is -0.596. The normalized spacial score (nSPS) is 11.4. The van der Waals surface area contributed by atoms with Crippen LogP contribution in [0.3, 0.4) is 0 Å². The molecular weight excluding hydrogens is 552 g/mol. The lowest BCUT2D eigenvalue weighted by molar-refractivity contribution is 0.0952. The summed E-state index contributed by atoms with van der Waals surface area (Å²) in [6.07, 6.45) is 3.63. The number of halogens is 1. The van der Waals surface area contributed by atoms with Gasteiger partial charge in [0.25, 0.3) is 5.91 Å². The van der Waals surface area contributed by atoms with Gasteiger partial charge in [-0.15, -0.1) is 11.8 Å². The van der Waals surface area contributed by atoms with Gasteiger partial charge in [0.05, 0.1) is 5.75 Å². The number of primary sulfonamides is 1. The van der Waals surface area contributed by atoms with Crippen molar-refractivity contribution in [3.05, 3.63) is 71.0 Å². The smallest absolute Gasteiger partial charge is 0.270 e. The van der Waals surface area contributed by atoms with Gasteiger partial charge >= 0.3 is 0 Å². The van der Waals surface area contributed by atoms with E-state index in [1.54, 1.807) is 24.0 Å². The molecule has 0 saturated heterocycles. The number of thioether (sulfide) groups is 1. The summed E-state index contributed by atoms with van der Waals surface area (Å²) in [5.41, 5.74) is 2.54. The van der Waals surface area contributed by atoms with Crippen LogP contribution in [0.2, 0.25) is 0 Å². The monoisotopic (exact) mass is 572 g/mol. The third kappa shape index (κ3) is 6.34. The van der Waals surface area contributed by atoms with Crippen molar-refractivity contribution in [3.8, 4) is 11.1 Å². The molecule has 1 amide bonds. The minimum atomic E-state index is -3.72. The second-order valence-electron chi connectivity index (χ2n) is 7.45. The topological polar surface area (TPSA) is 140 Å². The summed E-state index contributed by atoms with van der Waals surface area (Å²) in [6, 6.07) is 17.0. The Hall–Kier alpha value is -3.06. The number of carbonyl (C=O) groups excluding carboxylic acids is 1. The maximum absolute atomic E-state index is 13.0. The van der Waals surface area contributed by atoms with Crippen molar-refractivity contribution in [2.24, 2.45) is 5.14 Å². The van der Waals surface area contributed by atoms with E-state index in [2.05, 4.69) is 41.5 Å². The number of sulfonamides is 1. The number of nitrogens with zero attached hydrogens (tertiary/aromatic N) is 3. The van der Waals surface area contributed by atoms with Crippen LogP contribution in [0.1, 0.15) is 10.5 Å². The maximum Gasteiger partial charge on any atom is 0.270 e. The van der Waals surface area contributed by atoms with Gasteiger partial charge in [0.1, 0.15) is 5.69 Å². The van der Waals surface area contributed by atoms with Crippen molar-refractivity contribution < 1.29 is 13.2 Å². The van der Waals surface area contributed by atoms with Crippen LogP contribution in [0.4, 0.5) is 11.6 Å². The highest BCUT2D eigenvalue weighted by Gasteiger charge is 2.19. The minimum Gasteiger partial charge on any atom is -0.350 e. The van der Waals surface area contributed by atoms with Crippen LogP contribution in [0, 0.1) is 0 Å². The summed E-state index contributed by atoms with van der Waals surface area (Å²) >= 11 is 5.14. The second-order valence-corrected chi connectivity index (χ2v) is 10.9. The minimum absolute atomic E-state index is 0.104. The molecule has 0 spiro atoms. The molecule has 4 rings (SSSR count). The van der Waals surface area contributed by atoms with Gasteiger partial charge in [0, 0.05) is 38.7 Å². The van der Waals surface area contributed by atoms with Crippen molar-refractivity contribution in [3.63, 3.8) is 0 Å². The van der Waals surface area contributed by atoms with E-state index >= 15 is 0 Å². The van der Waals surface area contributed by atoms with Gasteiger partial charge in [-0.2, -0.15) is 4.98 Å². The molecule has 4 aromatic rings. The van der Waals surface area contributed by atoms with Gasteiger partial charge in [-0.3, -0.25) is 4.79 Å². The van der Waals surface area contributed by atoms with Crippen LogP contribution in [0.25, 0.3) is 22.2 Å². The number of anilines is 2. The molecule has 4 N–H and O–H groups in total. The molecule has 0 aliphatic rings. The lowest BCUT2D eigenvalue weighted by Gasteiger charge is -2.13. The zero-order valence-electron chi connectivity index (χ0n) is 18.5. The van der Waals surface area contributed by atoms with Crippen LogP contribution in [-0.4, -0.2) is 47.8 Å².